The quantitative estimate of drug-likeness (QED) is 0.802. The van der Waals surface area contributed by atoms with E-state index in [0.717, 1.165) is 26.1 Å². The van der Waals surface area contributed by atoms with Crippen LogP contribution < -0.4 is 9.44 Å². The summed E-state index contributed by atoms with van der Waals surface area (Å²) in [6.07, 6.45) is 1.03. The Labute approximate surface area is 134 Å². The summed E-state index contributed by atoms with van der Waals surface area (Å²) in [4.78, 5) is 2.39. The number of nitrogens with zero attached hydrogens (tertiary/aromatic N) is 1. The van der Waals surface area contributed by atoms with E-state index >= 15 is 0 Å². The first kappa shape index (κ1) is 17.4. The minimum Gasteiger partial charge on any atom is -0.299 e. The molecule has 0 radical (unpaired) electrons. The number of nitrogens with one attached hydrogen (secondary N) is 2. The van der Waals surface area contributed by atoms with Crippen molar-refractivity contribution in [3.8, 4) is 0 Å². The Balaban J connectivity index is 1.84. The van der Waals surface area contributed by atoms with E-state index in [-0.39, 0.29) is 12.1 Å². The highest BCUT2D eigenvalue weighted by atomic mass is 32.2. The van der Waals surface area contributed by atoms with Gasteiger partial charge < -0.3 is 0 Å². The van der Waals surface area contributed by atoms with Crippen molar-refractivity contribution in [2.45, 2.75) is 45.8 Å². The summed E-state index contributed by atoms with van der Waals surface area (Å²) < 4.78 is 29.2. The summed E-state index contributed by atoms with van der Waals surface area (Å²) in [5.41, 5.74) is 1.30. The molecule has 2 atom stereocenters. The number of benzene rings is 1. The van der Waals surface area contributed by atoms with Gasteiger partial charge in [0.05, 0.1) is 0 Å². The fraction of sp³-hybridized carbons (Fsp3) is 0.625. The summed E-state index contributed by atoms with van der Waals surface area (Å²) in [7, 11) is -3.41. The van der Waals surface area contributed by atoms with Crippen LogP contribution in [0.15, 0.2) is 30.3 Å². The minimum absolute atomic E-state index is 0.0583. The minimum atomic E-state index is -3.41. The van der Waals surface area contributed by atoms with Crippen molar-refractivity contribution in [3.63, 3.8) is 0 Å². The Bertz CT molecular complexity index is 560. The molecule has 1 fully saturated rings. The maximum atomic E-state index is 11.9. The van der Waals surface area contributed by atoms with Gasteiger partial charge in [0.1, 0.15) is 0 Å². The van der Waals surface area contributed by atoms with Gasteiger partial charge in [-0.2, -0.15) is 17.9 Å². The molecule has 22 heavy (non-hydrogen) atoms. The summed E-state index contributed by atoms with van der Waals surface area (Å²) in [6, 6.07) is 10.2. The maximum absolute atomic E-state index is 11.9. The first-order chi connectivity index (χ1) is 10.4. The molecular weight excluding hydrogens is 298 g/mol. The average molecular weight is 325 g/mol. The molecule has 0 aromatic heterocycles. The highest BCUT2D eigenvalue weighted by Gasteiger charge is 2.29. The Morgan fingerprint density at radius 3 is 2.50 bits per heavy atom. The molecule has 0 unspecified atom stereocenters. The molecule has 0 aliphatic carbocycles. The standard InChI is InChI=1S/C16H27N3O2S/c1-13(2)17-22(20,21)18-14(3)16-9-10-19(12-16)11-15-7-5-4-6-8-15/h4-8,13-14,16-18H,9-12H2,1-3H3/t14-,16-/m0/s1. The van der Waals surface area contributed by atoms with Crippen molar-refractivity contribution in [3.05, 3.63) is 35.9 Å². The third-order valence-corrected chi connectivity index (χ3v) is 5.46. The summed E-state index contributed by atoms with van der Waals surface area (Å²) in [5.74, 6) is 0.354. The normalized spacial score (nSPS) is 21.4. The molecule has 0 bridgehead atoms. The van der Waals surface area contributed by atoms with Gasteiger partial charge in [-0.25, -0.2) is 0 Å². The first-order valence-corrected chi connectivity index (χ1v) is 9.40. The third-order valence-electron chi connectivity index (χ3n) is 4.00. The van der Waals surface area contributed by atoms with Crippen molar-refractivity contribution in [1.29, 1.82) is 0 Å². The molecule has 0 saturated carbocycles. The predicted octanol–water partition coefficient (Wildman–Crippen LogP) is 1.73. The number of hydrogen-bond donors (Lipinski definition) is 2. The van der Waals surface area contributed by atoms with E-state index in [4.69, 9.17) is 0 Å². The second kappa shape index (κ2) is 7.55. The monoisotopic (exact) mass is 325 g/mol. The zero-order valence-corrected chi connectivity index (χ0v) is 14.4. The van der Waals surface area contributed by atoms with Gasteiger partial charge in [-0.05, 0) is 45.2 Å². The van der Waals surface area contributed by atoms with E-state index in [1.54, 1.807) is 0 Å². The van der Waals surface area contributed by atoms with E-state index in [0.29, 0.717) is 5.92 Å². The van der Waals surface area contributed by atoms with E-state index in [1.165, 1.54) is 5.56 Å². The molecule has 5 nitrogen and oxygen atoms in total. The Kier molecular flexibility index (Phi) is 5.97. The fourth-order valence-electron chi connectivity index (χ4n) is 2.94. The smallest absolute Gasteiger partial charge is 0.277 e. The molecule has 1 aliphatic rings. The molecule has 2 rings (SSSR count). The number of likely N-dealkylation sites (tertiary alicyclic amines) is 1. The molecule has 0 amide bonds. The SMILES string of the molecule is CC(C)NS(=O)(=O)N[C@@H](C)[C@H]1CCN(Cc2ccccc2)C1. The Morgan fingerprint density at radius 1 is 1.18 bits per heavy atom. The molecule has 1 aliphatic heterocycles. The van der Waals surface area contributed by atoms with Gasteiger partial charge in [0.25, 0.3) is 10.2 Å². The largest absolute Gasteiger partial charge is 0.299 e. The molecule has 0 spiro atoms. The van der Waals surface area contributed by atoms with Crippen molar-refractivity contribution < 1.29 is 8.42 Å². The van der Waals surface area contributed by atoms with Crippen molar-refractivity contribution >= 4 is 10.2 Å². The van der Waals surface area contributed by atoms with Crippen molar-refractivity contribution in [2.24, 2.45) is 5.92 Å². The van der Waals surface area contributed by atoms with E-state index in [1.807, 2.05) is 26.8 Å². The lowest BCUT2D eigenvalue weighted by Crippen LogP contribution is -2.47. The second-order valence-corrected chi connectivity index (χ2v) is 7.93. The van der Waals surface area contributed by atoms with Crippen LogP contribution >= 0.6 is 0 Å². The second-order valence-electron chi connectivity index (χ2n) is 6.45. The van der Waals surface area contributed by atoms with Crippen molar-refractivity contribution in [1.82, 2.24) is 14.3 Å². The highest BCUT2D eigenvalue weighted by Crippen LogP contribution is 2.21. The van der Waals surface area contributed by atoms with Crippen LogP contribution in [0.2, 0.25) is 0 Å². The first-order valence-electron chi connectivity index (χ1n) is 7.91. The summed E-state index contributed by atoms with van der Waals surface area (Å²) in [6.45, 7) is 8.48. The Hall–Kier alpha value is -0.950. The van der Waals surface area contributed by atoms with Gasteiger partial charge in [-0.15, -0.1) is 0 Å². The number of rotatable bonds is 7. The fourth-order valence-corrected chi connectivity index (χ4v) is 4.31. The predicted molar refractivity (Wildman–Crippen MR) is 89.6 cm³/mol. The van der Waals surface area contributed by atoms with Crippen LogP contribution in [0.4, 0.5) is 0 Å². The molecule has 1 aromatic carbocycles. The summed E-state index contributed by atoms with van der Waals surface area (Å²) >= 11 is 0. The van der Waals surface area contributed by atoms with Crippen LogP contribution in [0.1, 0.15) is 32.8 Å². The average Bonchev–Trinajstić information content (AvgIpc) is 2.86. The van der Waals surface area contributed by atoms with E-state index in [9.17, 15) is 8.42 Å². The van der Waals surface area contributed by atoms with Crippen molar-refractivity contribution in [2.75, 3.05) is 13.1 Å². The zero-order chi connectivity index (χ0) is 16.2. The van der Waals surface area contributed by atoms with Gasteiger partial charge in [0.15, 0.2) is 0 Å². The van der Waals surface area contributed by atoms with Crippen LogP contribution in [0.3, 0.4) is 0 Å². The molecular formula is C16H27N3O2S. The number of hydrogen-bond acceptors (Lipinski definition) is 3. The van der Waals surface area contributed by atoms with Crippen LogP contribution in [-0.2, 0) is 16.8 Å². The van der Waals surface area contributed by atoms with Gasteiger partial charge >= 0.3 is 0 Å². The molecule has 6 heteroatoms. The van der Waals surface area contributed by atoms with Crippen LogP contribution in [0, 0.1) is 5.92 Å². The lowest BCUT2D eigenvalue weighted by atomic mass is 10.0. The summed E-state index contributed by atoms with van der Waals surface area (Å²) in [5, 5.41) is 0. The van der Waals surface area contributed by atoms with Gasteiger partial charge in [-0.3, -0.25) is 4.90 Å². The van der Waals surface area contributed by atoms with E-state index in [2.05, 4.69) is 38.6 Å². The molecule has 2 N–H and O–H groups in total. The van der Waals surface area contributed by atoms with Gasteiger partial charge in [0, 0.05) is 25.2 Å². The highest BCUT2D eigenvalue weighted by molar-refractivity contribution is 7.87. The van der Waals surface area contributed by atoms with Crippen LogP contribution in [-0.4, -0.2) is 38.5 Å². The zero-order valence-electron chi connectivity index (χ0n) is 13.6. The van der Waals surface area contributed by atoms with Crippen LogP contribution in [0.25, 0.3) is 0 Å². The third kappa shape index (κ3) is 5.35. The van der Waals surface area contributed by atoms with Gasteiger partial charge in [0.2, 0.25) is 0 Å². The topological polar surface area (TPSA) is 61.4 Å². The molecule has 1 aromatic rings. The van der Waals surface area contributed by atoms with Crippen LogP contribution in [0.5, 0.6) is 0 Å². The lowest BCUT2D eigenvalue weighted by Gasteiger charge is -2.22. The van der Waals surface area contributed by atoms with E-state index < -0.39 is 10.2 Å². The molecule has 1 saturated heterocycles. The van der Waals surface area contributed by atoms with Gasteiger partial charge in [-0.1, -0.05) is 30.3 Å². The Morgan fingerprint density at radius 2 is 1.86 bits per heavy atom. The molecule has 124 valence electrons. The lowest BCUT2D eigenvalue weighted by molar-refractivity contribution is 0.304. The molecule has 1 heterocycles. The maximum Gasteiger partial charge on any atom is 0.277 e.